The van der Waals surface area contributed by atoms with Gasteiger partial charge in [-0.3, -0.25) is 9.89 Å². The SMILES string of the molecule is Cc1ccc(OCCN(C)C)cc1C(=O)NC(C)c1cc(-c2cnc3[nH]ncc3c2)nc2ccccc12. The number of amides is 1. The summed E-state index contributed by atoms with van der Waals surface area (Å²) >= 11 is 0. The van der Waals surface area contributed by atoms with E-state index < -0.39 is 0 Å². The lowest BCUT2D eigenvalue weighted by Crippen LogP contribution is -2.27. The fourth-order valence-electron chi connectivity index (χ4n) is 4.32. The molecule has 1 amide bonds. The summed E-state index contributed by atoms with van der Waals surface area (Å²) in [6.07, 6.45) is 3.53. The second-order valence-corrected chi connectivity index (χ2v) is 9.47. The van der Waals surface area contributed by atoms with Crippen LogP contribution in [0, 0.1) is 6.92 Å². The molecule has 0 aliphatic rings. The zero-order chi connectivity index (χ0) is 25.9. The minimum Gasteiger partial charge on any atom is -0.492 e. The van der Waals surface area contributed by atoms with Gasteiger partial charge in [0.1, 0.15) is 12.4 Å². The van der Waals surface area contributed by atoms with Crippen molar-refractivity contribution in [1.29, 1.82) is 0 Å². The van der Waals surface area contributed by atoms with Crippen molar-refractivity contribution in [3.63, 3.8) is 0 Å². The summed E-state index contributed by atoms with van der Waals surface area (Å²) < 4.78 is 5.86. The molecule has 0 bridgehead atoms. The maximum atomic E-state index is 13.4. The monoisotopic (exact) mass is 494 g/mol. The topological polar surface area (TPSA) is 96.0 Å². The summed E-state index contributed by atoms with van der Waals surface area (Å²) in [5, 5.41) is 12.0. The van der Waals surface area contributed by atoms with Crippen LogP contribution in [0.15, 0.2) is 67.0 Å². The molecular formula is C29H30N6O2. The summed E-state index contributed by atoms with van der Waals surface area (Å²) in [6.45, 7) is 5.28. The standard InChI is InChI=1S/C29H30N6O2/c1-18-9-10-22(37-12-11-35(3)4)14-24(18)29(36)32-19(2)25-15-27(33-26-8-6-5-7-23(25)26)20-13-21-17-31-34-28(21)30-16-20/h5-10,13-17,19H,11-12H2,1-4H3,(H,32,36)(H,30,31,34). The highest BCUT2D eigenvalue weighted by Crippen LogP contribution is 2.30. The predicted molar refractivity (Wildman–Crippen MR) is 146 cm³/mol. The number of carbonyl (C=O) groups is 1. The summed E-state index contributed by atoms with van der Waals surface area (Å²) in [4.78, 5) is 24.8. The summed E-state index contributed by atoms with van der Waals surface area (Å²) in [7, 11) is 4.00. The molecule has 0 radical (unpaired) electrons. The smallest absolute Gasteiger partial charge is 0.252 e. The molecule has 3 heterocycles. The van der Waals surface area contributed by atoms with Crippen LogP contribution in [-0.2, 0) is 0 Å². The largest absolute Gasteiger partial charge is 0.492 e. The van der Waals surface area contributed by atoms with Gasteiger partial charge in [-0.1, -0.05) is 24.3 Å². The normalized spacial score (nSPS) is 12.2. The van der Waals surface area contributed by atoms with Gasteiger partial charge in [0.2, 0.25) is 0 Å². The van der Waals surface area contributed by atoms with Gasteiger partial charge in [0, 0.05) is 34.6 Å². The van der Waals surface area contributed by atoms with Gasteiger partial charge >= 0.3 is 0 Å². The van der Waals surface area contributed by atoms with Crippen molar-refractivity contribution in [2.45, 2.75) is 19.9 Å². The van der Waals surface area contributed by atoms with E-state index in [1.54, 1.807) is 12.4 Å². The Bertz CT molecular complexity index is 1580. The zero-order valence-electron chi connectivity index (χ0n) is 21.4. The van der Waals surface area contributed by atoms with Crippen molar-refractivity contribution in [3.8, 4) is 17.0 Å². The Labute approximate surface area is 215 Å². The van der Waals surface area contributed by atoms with Crippen LogP contribution in [-0.4, -0.2) is 58.2 Å². The number of aromatic amines is 1. The van der Waals surface area contributed by atoms with Crippen LogP contribution in [0.2, 0.25) is 0 Å². The molecule has 0 saturated heterocycles. The molecule has 2 N–H and O–H groups in total. The highest BCUT2D eigenvalue weighted by atomic mass is 16.5. The van der Waals surface area contributed by atoms with Crippen LogP contribution in [0.25, 0.3) is 33.2 Å². The molecule has 0 fully saturated rings. The quantitative estimate of drug-likeness (QED) is 0.318. The van der Waals surface area contributed by atoms with Crippen LogP contribution in [0.4, 0.5) is 0 Å². The van der Waals surface area contributed by atoms with E-state index in [4.69, 9.17) is 9.72 Å². The highest BCUT2D eigenvalue weighted by molar-refractivity contribution is 5.97. The molecular weight excluding hydrogens is 464 g/mol. The number of fused-ring (bicyclic) bond motifs is 2. The van der Waals surface area contributed by atoms with E-state index in [-0.39, 0.29) is 11.9 Å². The minimum absolute atomic E-state index is 0.146. The Kier molecular flexibility index (Phi) is 6.83. The number of rotatable bonds is 8. The number of aromatic nitrogens is 4. The van der Waals surface area contributed by atoms with E-state index in [2.05, 4.69) is 25.4 Å². The number of ether oxygens (including phenoxy) is 1. The number of pyridine rings is 2. The summed E-state index contributed by atoms with van der Waals surface area (Å²) in [6, 6.07) is 17.4. The molecule has 37 heavy (non-hydrogen) atoms. The number of para-hydroxylation sites is 1. The fourth-order valence-corrected chi connectivity index (χ4v) is 4.32. The van der Waals surface area contributed by atoms with Crippen molar-refractivity contribution in [2.24, 2.45) is 0 Å². The first kappa shape index (κ1) is 24.4. The van der Waals surface area contributed by atoms with Gasteiger partial charge in [-0.05, 0) is 69.4 Å². The van der Waals surface area contributed by atoms with E-state index in [1.807, 2.05) is 82.5 Å². The number of nitrogens with zero attached hydrogens (tertiary/aromatic N) is 4. The Morgan fingerprint density at radius 2 is 1.95 bits per heavy atom. The molecule has 5 aromatic rings. The van der Waals surface area contributed by atoms with Crippen LogP contribution in [0.5, 0.6) is 5.75 Å². The average Bonchev–Trinajstić information content (AvgIpc) is 3.36. The molecule has 188 valence electrons. The Morgan fingerprint density at radius 1 is 1.11 bits per heavy atom. The molecule has 8 nitrogen and oxygen atoms in total. The van der Waals surface area contributed by atoms with Gasteiger partial charge < -0.3 is 15.0 Å². The van der Waals surface area contributed by atoms with Crippen molar-refractivity contribution < 1.29 is 9.53 Å². The number of carbonyl (C=O) groups excluding carboxylic acids is 1. The lowest BCUT2D eigenvalue weighted by atomic mass is 9.99. The highest BCUT2D eigenvalue weighted by Gasteiger charge is 2.18. The van der Waals surface area contributed by atoms with Crippen molar-refractivity contribution in [3.05, 3.63) is 83.7 Å². The minimum atomic E-state index is -0.262. The third kappa shape index (κ3) is 5.29. The number of likely N-dealkylation sites (N-methyl/N-ethyl adjacent to an activating group) is 1. The number of nitrogens with one attached hydrogen (secondary N) is 2. The van der Waals surface area contributed by atoms with E-state index >= 15 is 0 Å². The summed E-state index contributed by atoms with van der Waals surface area (Å²) in [5.74, 6) is 0.538. The fraction of sp³-hybridized carbons (Fsp3) is 0.241. The van der Waals surface area contributed by atoms with Gasteiger partial charge in [-0.15, -0.1) is 0 Å². The van der Waals surface area contributed by atoms with E-state index in [0.717, 1.165) is 50.9 Å². The Morgan fingerprint density at radius 3 is 2.78 bits per heavy atom. The first-order valence-electron chi connectivity index (χ1n) is 12.3. The number of aryl methyl sites for hydroxylation is 1. The molecule has 1 atom stereocenters. The van der Waals surface area contributed by atoms with Gasteiger partial charge in [-0.25, -0.2) is 9.97 Å². The van der Waals surface area contributed by atoms with Crippen molar-refractivity contribution in [2.75, 3.05) is 27.2 Å². The third-order valence-corrected chi connectivity index (χ3v) is 6.41. The number of benzene rings is 2. The molecule has 0 spiro atoms. The molecule has 2 aromatic carbocycles. The van der Waals surface area contributed by atoms with Gasteiger partial charge in [-0.2, -0.15) is 5.10 Å². The Hall–Kier alpha value is -4.30. The first-order chi connectivity index (χ1) is 17.9. The number of H-pyrrole nitrogens is 1. The second kappa shape index (κ2) is 10.4. The molecule has 0 aliphatic heterocycles. The van der Waals surface area contributed by atoms with Crippen LogP contribution in [0.3, 0.4) is 0 Å². The molecule has 0 saturated carbocycles. The third-order valence-electron chi connectivity index (χ3n) is 6.41. The lowest BCUT2D eigenvalue weighted by molar-refractivity contribution is 0.0939. The summed E-state index contributed by atoms with van der Waals surface area (Å²) in [5.41, 5.74) is 5.74. The van der Waals surface area contributed by atoms with Crippen molar-refractivity contribution in [1.82, 2.24) is 30.4 Å². The van der Waals surface area contributed by atoms with Crippen molar-refractivity contribution >= 4 is 27.8 Å². The predicted octanol–water partition coefficient (Wildman–Crippen LogP) is 4.91. The van der Waals surface area contributed by atoms with Gasteiger partial charge in [0.05, 0.1) is 23.4 Å². The Balaban J connectivity index is 1.44. The second-order valence-electron chi connectivity index (χ2n) is 9.47. The van der Waals surface area contributed by atoms with Gasteiger partial charge in [0.15, 0.2) is 5.65 Å². The van der Waals surface area contributed by atoms with Gasteiger partial charge in [0.25, 0.3) is 5.91 Å². The van der Waals surface area contributed by atoms with E-state index in [0.29, 0.717) is 17.9 Å². The molecule has 0 aliphatic carbocycles. The maximum Gasteiger partial charge on any atom is 0.252 e. The molecule has 5 rings (SSSR count). The van der Waals surface area contributed by atoms with Crippen LogP contribution in [0.1, 0.15) is 34.5 Å². The molecule has 8 heteroatoms. The number of hydrogen-bond acceptors (Lipinski definition) is 6. The average molecular weight is 495 g/mol. The van der Waals surface area contributed by atoms with E-state index in [9.17, 15) is 4.79 Å². The van der Waals surface area contributed by atoms with Crippen LogP contribution >= 0.6 is 0 Å². The molecule has 3 aromatic heterocycles. The first-order valence-corrected chi connectivity index (χ1v) is 12.3. The number of hydrogen-bond donors (Lipinski definition) is 2. The zero-order valence-corrected chi connectivity index (χ0v) is 21.4. The van der Waals surface area contributed by atoms with E-state index in [1.165, 1.54) is 0 Å². The maximum absolute atomic E-state index is 13.4. The molecule has 1 unspecified atom stereocenters. The lowest BCUT2D eigenvalue weighted by Gasteiger charge is -2.19. The van der Waals surface area contributed by atoms with Crippen LogP contribution < -0.4 is 10.1 Å².